The van der Waals surface area contributed by atoms with Crippen LogP contribution in [0.1, 0.15) is 23.2 Å². The molecule has 6 nitrogen and oxygen atoms in total. The molecular weight excluding hydrogens is 325 g/mol. The van der Waals surface area contributed by atoms with E-state index in [0.29, 0.717) is 24.3 Å². The highest BCUT2D eigenvalue weighted by Gasteiger charge is 2.55. The summed E-state index contributed by atoms with van der Waals surface area (Å²) in [5.74, 6) is -0.349. The van der Waals surface area contributed by atoms with Crippen molar-refractivity contribution in [2.45, 2.75) is 24.9 Å². The predicted molar refractivity (Wildman–Crippen MR) is 86.3 cm³/mol. The molecule has 0 bridgehead atoms. The summed E-state index contributed by atoms with van der Waals surface area (Å²) in [4.78, 5) is 30.3. The predicted octanol–water partition coefficient (Wildman–Crippen LogP) is 2.12. The zero-order chi connectivity index (χ0) is 17.6. The van der Waals surface area contributed by atoms with Gasteiger partial charge < -0.3 is 10.1 Å². The molecule has 1 fully saturated rings. The Morgan fingerprint density at radius 2 is 2.16 bits per heavy atom. The topological polar surface area (TPSA) is 71.5 Å². The van der Waals surface area contributed by atoms with Gasteiger partial charge in [-0.1, -0.05) is 12.1 Å². The Hall–Kier alpha value is -2.96. The third kappa shape index (κ3) is 2.34. The van der Waals surface area contributed by atoms with Gasteiger partial charge in [0.2, 0.25) is 5.95 Å². The van der Waals surface area contributed by atoms with Crippen molar-refractivity contribution in [1.82, 2.24) is 15.2 Å². The van der Waals surface area contributed by atoms with Crippen LogP contribution in [0.5, 0.6) is 5.75 Å². The number of carbonyl (C=O) groups excluding carboxylic acids is 2. The normalized spacial score (nSPS) is 21.6. The summed E-state index contributed by atoms with van der Waals surface area (Å²) in [6.07, 6.45) is 1.19. The second-order valence-corrected chi connectivity index (χ2v) is 6.20. The highest BCUT2D eigenvalue weighted by Crippen LogP contribution is 2.43. The SMILES string of the molecule is COc1ccc2c(c1)[C@]1(CC2)NC(=O)N(Cc2cccc(F)n2)C1=O. The standard InChI is InChI=1S/C18H16FN3O3/c1-25-13-6-5-11-7-8-18(14(11)9-13)16(23)22(17(24)21-18)10-12-3-2-4-15(19)20-12/h2-6,9H,7-8,10H2,1H3,(H,21,24)/t18-/m0/s1. The number of hydrogen-bond donors (Lipinski definition) is 1. The number of hydrogen-bond acceptors (Lipinski definition) is 4. The van der Waals surface area contributed by atoms with Crippen molar-refractivity contribution >= 4 is 11.9 Å². The van der Waals surface area contributed by atoms with Crippen molar-refractivity contribution in [2.75, 3.05) is 7.11 Å². The molecule has 128 valence electrons. The maximum atomic E-state index is 13.3. The number of aromatic nitrogens is 1. The molecule has 1 aromatic carbocycles. The fraction of sp³-hybridized carbons (Fsp3) is 0.278. The van der Waals surface area contributed by atoms with E-state index in [1.807, 2.05) is 12.1 Å². The van der Waals surface area contributed by atoms with Crippen LogP contribution in [0, 0.1) is 5.95 Å². The molecular formula is C18H16FN3O3. The highest BCUT2D eigenvalue weighted by molar-refractivity contribution is 6.08. The number of rotatable bonds is 3. The molecule has 0 unspecified atom stereocenters. The van der Waals surface area contributed by atoms with E-state index in [4.69, 9.17) is 4.74 Å². The minimum absolute atomic E-state index is 0.0660. The van der Waals surface area contributed by atoms with Crippen LogP contribution >= 0.6 is 0 Å². The lowest BCUT2D eigenvalue weighted by Crippen LogP contribution is -2.41. The molecule has 7 heteroatoms. The van der Waals surface area contributed by atoms with Gasteiger partial charge in [-0.3, -0.25) is 9.69 Å². The van der Waals surface area contributed by atoms with Gasteiger partial charge in [0.15, 0.2) is 0 Å². The van der Waals surface area contributed by atoms with E-state index in [1.165, 1.54) is 12.1 Å². The zero-order valence-corrected chi connectivity index (χ0v) is 13.6. The number of amides is 3. The summed E-state index contributed by atoms with van der Waals surface area (Å²) in [6.45, 7) is -0.0660. The van der Waals surface area contributed by atoms with Gasteiger partial charge in [-0.25, -0.2) is 9.78 Å². The fourth-order valence-electron chi connectivity index (χ4n) is 3.58. The molecule has 1 aromatic heterocycles. The fourth-order valence-corrected chi connectivity index (χ4v) is 3.58. The van der Waals surface area contributed by atoms with Crippen LogP contribution in [0.2, 0.25) is 0 Å². The Morgan fingerprint density at radius 3 is 2.92 bits per heavy atom. The van der Waals surface area contributed by atoms with Crippen molar-refractivity contribution in [1.29, 1.82) is 0 Å². The van der Waals surface area contributed by atoms with E-state index in [9.17, 15) is 14.0 Å². The van der Waals surface area contributed by atoms with E-state index < -0.39 is 17.5 Å². The van der Waals surface area contributed by atoms with Crippen molar-refractivity contribution in [3.63, 3.8) is 0 Å². The van der Waals surface area contributed by atoms with Gasteiger partial charge in [0.25, 0.3) is 5.91 Å². The number of halogens is 1. The first-order chi connectivity index (χ1) is 12.0. The minimum atomic E-state index is -1.08. The zero-order valence-electron chi connectivity index (χ0n) is 13.6. The summed E-state index contributed by atoms with van der Waals surface area (Å²) in [7, 11) is 1.56. The molecule has 0 saturated carbocycles. The monoisotopic (exact) mass is 341 g/mol. The van der Waals surface area contributed by atoms with Gasteiger partial charge in [0.1, 0.15) is 11.3 Å². The highest BCUT2D eigenvalue weighted by atomic mass is 19.1. The molecule has 1 saturated heterocycles. The van der Waals surface area contributed by atoms with Crippen molar-refractivity contribution in [2.24, 2.45) is 0 Å². The molecule has 0 radical (unpaired) electrons. The minimum Gasteiger partial charge on any atom is -0.497 e. The number of imide groups is 1. The van der Waals surface area contributed by atoms with E-state index >= 15 is 0 Å². The quantitative estimate of drug-likeness (QED) is 0.686. The van der Waals surface area contributed by atoms with Gasteiger partial charge in [0.05, 0.1) is 19.3 Å². The lowest BCUT2D eigenvalue weighted by molar-refractivity contribution is -0.132. The number of fused-ring (bicyclic) bond motifs is 2. The Balaban J connectivity index is 1.69. The Bertz CT molecular complexity index is 886. The number of aryl methyl sites for hydroxylation is 1. The van der Waals surface area contributed by atoms with E-state index in [2.05, 4.69) is 10.3 Å². The molecule has 4 rings (SSSR count). The number of pyridine rings is 1. The number of carbonyl (C=O) groups is 2. The number of ether oxygens (including phenoxy) is 1. The average Bonchev–Trinajstić information content (AvgIpc) is 3.08. The van der Waals surface area contributed by atoms with Crippen LogP contribution in [0.15, 0.2) is 36.4 Å². The average molecular weight is 341 g/mol. The second-order valence-electron chi connectivity index (χ2n) is 6.20. The second kappa shape index (κ2) is 5.54. The number of benzene rings is 1. The molecule has 1 aliphatic heterocycles. The molecule has 2 aromatic rings. The van der Waals surface area contributed by atoms with Crippen LogP contribution in [-0.2, 0) is 23.3 Å². The summed E-state index contributed by atoms with van der Waals surface area (Å²) in [5.41, 5.74) is 1.03. The van der Waals surface area contributed by atoms with E-state index in [-0.39, 0.29) is 12.5 Å². The van der Waals surface area contributed by atoms with Crippen molar-refractivity contribution in [3.05, 3.63) is 59.2 Å². The van der Waals surface area contributed by atoms with Crippen molar-refractivity contribution < 1.29 is 18.7 Å². The Morgan fingerprint density at radius 1 is 1.32 bits per heavy atom. The van der Waals surface area contributed by atoms with Crippen LogP contribution in [0.3, 0.4) is 0 Å². The summed E-state index contributed by atoms with van der Waals surface area (Å²) in [5, 5.41) is 2.83. The number of nitrogens with zero attached hydrogens (tertiary/aromatic N) is 2. The van der Waals surface area contributed by atoms with Gasteiger partial charge in [-0.15, -0.1) is 0 Å². The summed E-state index contributed by atoms with van der Waals surface area (Å²) < 4.78 is 18.5. The van der Waals surface area contributed by atoms with Crippen LogP contribution in [0.25, 0.3) is 0 Å². The molecule has 1 aliphatic carbocycles. The number of nitrogens with one attached hydrogen (secondary N) is 1. The number of methoxy groups -OCH3 is 1. The molecule has 3 amide bonds. The Kier molecular flexibility index (Phi) is 3.45. The van der Waals surface area contributed by atoms with Gasteiger partial charge in [0, 0.05) is 0 Å². The van der Waals surface area contributed by atoms with E-state index in [1.54, 1.807) is 19.2 Å². The lowest BCUT2D eigenvalue weighted by atomic mass is 9.91. The van der Waals surface area contributed by atoms with E-state index in [0.717, 1.165) is 16.0 Å². The maximum Gasteiger partial charge on any atom is 0.325 e. The van der Waals surface area contributed by atoms with Crippen LogP contribution < -0.4 is 10.1 Å². The molecule has 25 heavy (non-hydrogen) atoms. The van der Waals surface area contributed by atoms with Gasteiger partial charge >= 0.3 is 6.03 Å². The molecule has 1 N–H and O–H groups in total. The Labute approximate surface area is 143 Å². The molecule has 1 atom stereocenters. The first-order valence-electron chi connectivity index (χ1n) is 7.96. The molecule has 2 heterocycles. The van der Waals surface area contributed by atoms with Crippen molar-refractivity contribution in [3.8, 4) is 5.75 Å². The first kappa shape index (κ1) is 15.6. The molecule has 2 aliphatic rings. The van der Waals surface area contributed by atoms with Crippen LogP contribution in [-0.4, -0.2) is 28.9 Å². The van der Waals surface area contributed by atoms with Crippen LogP contribution in [0.4, 0.5) is 9.18 Å². The maximum absolute atomic E-state index is 13.3. The lowest BCUT2D eigenvalue weighted by Gasteiger charge is -2.22. The third-order valence-electron chi connectivity index (χ3n) is 4.81. The van der Waals surface area contributed by atoms with Gasteiger partial charge in [-0.05, 0) is 48.2 Å². The summed E-state index contributed by atoms with van der Waals surface area (Å²) in [6, 6.07) is 9.36. The number of urea groups is 1. The summed E-state index contributed by atoms with van der Waals surface area (Å²) >= 11 is 0. The molecule has 1 spiro atoms. The first-order valence-corrected chi connectivity index (χ1v) is 7.96. The largest absolute Gasteiger partial charge is 0.497 e. The third-order valence-corrected chi connectivity index (χ3v) is 4.81. The smallest absolute Gasteiger partial charge is 0.325 e. The van der Waals surface area contributed by atoms with Gasteiger partial charge in [-0.2, -0.15) is 4.39 Å².